The Labute approximate surface area is 159 Å². The van der Waals surface area contributed by atoms with Gasteiger partial charge in [0, 0.05) is 37.8 Å². The molecule has 1 aromatic carbocycles. The highest BCUT2D eigenvalue weighted by Gasteiger charge is 2.32. The number of ether oxygens (including phenoxy) is 2. The molecule has 1 saturated heterocycles. The van der Waals surface area contributed by atoms with Crippen molar-refractivity contribution in [1.82, 2.24) is 10.2 Å². The maximum atomic E-state index is 12.6. The molecule has 150 valence electrons. The highest BCUT2D eigenvalue weighted by atomic mass is 35.5. The summed E-state index contributed by atoms with van der Waals surface area (Å²) in [6.07, 6.45) is -0.580. The number of unbranched alkanes of at least 4 members (excludes halogenated alkanes) is 2. The molecule has 26 heavy (non-hydrogen) atoms. The molecule has 1 aliphatic rings. The molecule has 0 amide bonds. The zero-order valence-corrected chi connectivity index (χ0v) is 16.1. The molecule has 0 spiro atoms. The van der Waals surface area contributed by atoms with Crippen molar-refractivity contribution in [1.29, 1.82) is 0 Å². The maximum Gasteiger partial charge on any atom is 0.573 e. The number of halogens is 4. The first kappa shape index (κ1) is 22.9. The van der Waals surface area contributed by atoms with E-state index in [2.05, 4.69) is 21.9 Å². The fraction of sp³-hybridized carbons (Fsp3) is 0.667. The van der Waals surface area contributed by atoms with Crippen LogP contribution in [0, 0.1) is 0 Å². The van der Waals surface area contributed by atoms with Crippen LogP contribution in [0.3, 0.4) is 0 Å². The molecule has 8 heteroatoms. The monoisotopic (exact) mass is 396 g/mol. The smallest absolute Gasteiger partial charge is 0.496 e. The standard InChI is InChI=1S/C18H27F3N2O2.ClH/c1-3-4-5-6-16(23-11-9-22-10-12-23)15-13-14(25-18(19,20)21)7-8-17(15)24-2;/h7-8,13,16,22H,3-6,9-12H2,1-2H3;1H/t16-;/m1./s1. The summed E-state index contributed by atoms with van der Waals surface area (Å²) in [4.78, 5) is 2.32. The molecule has 0 aromatic heterocycles. The maximum absolute atomic E-state index is 12.6. The van der Waals surface area contributed by atoms with Gasteiger partial charge in [0.25, 0.3) is 0 Å². The molecule has 0 aliphatic carbocycles. The zero-order valence-electron chi connectivity index (χ0n) is 15.3. The summed E-state index contributed by atoms with van der Waals surface area (Å²) in [5.41, 5.74) is 0.766. The Morgan fingerprint density at radius 2 is 1.88 bits per heavy atom. The second-order valence-corrected chi connectivity index (χ2v) is 6.25. The summed E-state index contributed by atoms with van der Waals surface area (Å²) in [6.45, 7) is 5.63. The molecule has 0 radical (unpaired) electrons. The van der Waals surface area contributed by atoms with Crippen LogP contribution in [0.4, 0.5) is 13.2 Å². The number of rotatable bonds is 8. The van der Waals surface area contributed by atoms with Gasteiger partial charge in [-0.2, -0.15) is 0 Å². The van der Waals surface area contributed by atoms with E-state index in [0.29, 0.717) is 5.75 Å². The SMILES string of the molecule is CCCCC[C@H](c1cc(OC(F)(F)F)ccc1OC)N1CCNCC1.Cl. The minimum absolute atomic E-state index is 0. The van der Waals surface area contributed by atoms with E-state index in [0.717, 1.165) is 57.4 Å². The number of nitrogens with one attached hydrogen (secondary N) is 1. The lowest BCUT2D eigenvalue weighted by Crippen LogP contribution is -2.45. The first-order valence-electron chi connectivity index (χ1n) is 8.83. The highest BCUT2D eigenvalue weighted by molar-refractivity contribution is 5.85. The fourth-order valence-corrected chi connectivity index (χ4v) is 3.29. The largest absolute Gasteiger partial charge is 0.573 e. The molecule has 1 fully saturated rings. The summed E-state index contributed by atoms with van der Waals surface area (Å²) in [5.74, 6) is 0.411. The Bertz CT molecular complexity index is 538. The van der Waals surface area contributed by atoms with E-state index in [-0.39, 0.29) is 24.2 Å². The Kier molecular flexibility index (Phi) is 9.54. The Balaban J connectivity index is 0.00000338. The van der Waals surface area contributed by atoms with Gasteiger partial charge >= 0.3 is 6.36 Å². The summed E-state index contributed by atoms with van der Waals surface area (Å²) < 4.78 is 47.3. The van der Waals surface area contributed by atoms with Crippen LogP contribution in [-0.2, 0) is 0 Å². The van der Waals surface area contributed by atoms with Crippen molar-refractivity contribution < 1.29 is 22.6 Å². The predicted molar refractivity (Wildman–Crippen MR) is 98.3 cm³/mol. The molecule has 1 N–H and O–H groups in total. The van der Waals surface area contributed by atoms with Crippen LogP contribution in [-0.4, -0.2) is 44.6 Å². The number of methoxy groups -OCH3 is 1. The van der Waals surface area contributed by atoms with Gasteiger partial charge in [-0.05, 0) is 24.6 Å². The van der Waals surface area contributed by atoms with Crippen LogP contribution in [0.1, 0.15) is 44.2 Å². The summed E-state index contributed by atoms with van der Waals surface area (Å²) in [6, 6.07) is 4.37. The van der Waals surface area contributed by atoms with Crippen LogP contribution in [0.15, 0.2) is 18.2 Å². The number of nitrogens with zero attached hydrogens (tertiary/aromatic N) is 1. The van der Waals surface area contributed by atoms with E-state index in [1.54, 1.807) is 13.2 Å². The normalized spacial score (nSPS) is 16.7. The molecule has 1 heterocycles. The van der Waals surface area contributed by atoms with Crippen LogP contribution < -0.4 is 14.8 Å². The molecule has 0 saturated carbocycles. The van der Waals surface area contributed by atoms with Crippen LogP contribution >= 0.6 is 12.4 Å². The van der Waals surface area contributed by atoms with Crippen molar-refractivity contribution in [3.8, 4) is 11.5 Å². The van der Waals surface area contributed by atoms with Crippen molar-refractivity contribution in [3.05, 3.63) is 23.8 Å². The van der Waals surface area contributed by atoms with Gasteiger partial charge in [-0.1, -0.05) is 26.2 Å². The first-order valence-corrected chi connectivity index (χ1v) is 8.83. The average Bonchev–Trinajstić information content (AvgIpc) is 2.58. The lowest BCUT2D eigenvalue weighted by Gasteiger charge is -2.36. The third-order valence-electron chi connectivity index (χ3n) is 4.47. The van der Waals surface area contributed by atoms with Crippen molar-refractivity contribution in [2.75, 3.05) is 33.3 Å². The summed E-state index contributed by atoms with van der Waals surface area (Å²) >= 11 is 0. The van der Waals surface area contributed by atoms with E-state index in [1.165, 1.54) is 12.1 Å². The van der Waals surface area contributed by atoms with E-state index >= 15 is 0 Å². The molecule has 0 unspecified atom stereocenters. The van der Waals surface area contributed by atoms with Crippen molar-refractivity contribution in [3.63, 3.8) is 0 Å². The molecule has 1 atom stereocenters. The second kappa shape index (κ2) is 10.8. The van der Waals surface area contributed by atoms with Crippen LogP contribution in [0.2, 0.25) is 0 Å². The topological polar surface area (TPSA) is 33.7 Å². The van der Waals surface area contributed by atoms with Crippen LogP contribution in [0.25, 0.3) is 0 Å². The average molecular weight is 397 g/mol. The van der Waals surface area contributed by atoms with Crippen LogP contribution in [0.5, 0.6) is 11.5 Å². The van der Waals surface area contributed by atoms with E-state index in [9.17, 15) is 13.2 Å². The molecule has 4 nitrogen and oxygen atoms in total. The highest BCUT2D eigenvalue weighted by Crippen LogP contribution is 2.37. The van der Waals surface area contributed by atoms with Gasteiger partial charge in [0.1, 0.15) is 11.5 Å². The summed E-state index contributed by atoms with van der Waals surface area (Å²) in [5, 5.41) is 3.31. The third kappa shape index (κ3) is 6.85. The van der Waals surface area contributed by atoms with Gasteiger partial charge < -0.3 is 14.8 Å². The first-order chi connectivity index (χ1) is 11.9. The number of hydrogen-bond acceptors (Lipinski definition) is 4. The molecular weight excluding hydrogens is 369 g/mol. The van der Waals surface area contributed by atoms with Crippen molar-refractivity contribution in [2.24, 2.45) is 0 Å². The lowest BCUT2D eigenvalue weighted by atomic mass is 9.97. The minimum atomic E-state index is -4.70. The minimum Gasteiger partial charge on any atom is -0.496 e. The fourth-order valence-electron chi connectivity index (χ4n) is 3.29. The number of hydrogen-bond donors (Lipinski definition) is 1. The summed E-state index contributed by atoms with van der Waals surface area (Å²) in [7, 11) is 1.55. The Morgan fingerprint density at radius 3 is 2.46 bits per heavy atom. The van der Waals surface area contributed by atoms with Crippen molar-refractivity contribution in [2.45, 2.75) is 45.0 Å². The lowest BCUT2D eigenvalue weighted by molar-refractivity contribution is -0.274. The Hall–Kier alpha value is -1.18. The quantitative estimate of drug-likeness (QED) is 0.654. The number of piperazine rings is 1. The number of benzene rings is 1. The van der Waals surface area contributed by atoms with Crippen molar-refractivity contribution >= 4 is 12.4 Å². The zero-order chi connectivity index (χ0) is 18.3. The molecule has 0 bridgehead atoms. The van der Waals surface area contributed by atoms with E-state index < -0.39 is 6.36 Å². The molecule has 1 aliphatic heterocycles. The Morgan fingerprint density at radius 1 is 1.19 bits per heavy atom. The van der Waals surface area contributed by atoms with Gasteiger partial charge in [0.05, 0.1) is 7.11 Å². The molecule has 1 aromatic rings. The van der Waals surface area contributed by atoms with Gasteiger partial charge in [-0.3, -0.25) is 4.90 Å². The predicted octanol–water partition coefficient (Wildman–Crippen LogP) is 4.54. The number of alkyl halides is 3. The van der Waals surface area contributed by atoms with E-state index in [1.807, 2.05) is 0 Å². The molecule has 2 rings (SSSR count). The van der Waals surface area contributed by atoms with Gasteiger partial charge in [-0.25, -0.2) is 0 Å². The van der Waals surface area contributed by atoms with Gasteiger partial charge in [0.2, 0.25) is 0 Å². The van der Waals surface area contributed by atoms with Gasteiger partial charge in [-0.15, -0.1) is 25.6 Å². The van der Waals surface area contributed by atoms with Gasteiger partial charge in [0.15, 0.2) is 0 Å². The second-order valence-electron chi connectivity index (χ2n) is 6.25. The molecular formula is C18H28ClF3N2O2. The third-order valence-corrected chi connectivity index (χ3v) is 4.47. The van der Waals surface area contributed by atoms with E-state index in [4.69, 9.17) is 4.74 Å².